The largest absolute Gasteiger partial charge is 0.457 e. The number of anilines is 4. The summed E-state index contributed by atoms with van der Waals surface area (Å²) in [7, 11) is 0. The molecule has 0 atom stereocenters. The molecule has 2 aromatic heterocycles. The highest BCUT2D eigenvalue weighted by Crippen LogP contribution is 2.45. The van der Waals surface area contributed by atoms with Gasteiger partial charge in [-0.2, -0.15) is 0 Å². The van der Waals surface area contributed by atoms with Crippen molar-refractivity contribution in [2.75, 3.05) is 16.5 Å². The third-order valence-electron chi connectivity index (χ3n) is 9.07. The van der Waals surface area contributed by atoms with Crippen molar-refractivity contribution < 1.29 is 13.0 Å². The molecule has 0 radical (unpaired) electrons. The van der Waals surface area contributed by atoms with Crippen molar-refractivity contribution in [3.05, 3.63) is 144 Å². The number of nitrogens with zero attached hydrogens (tertiary/aromatic N) is 4. The maximum absolute atomic E-state index is 8.61. The van der Waals surface area contributed by atoms with Gasteiger partial charge in [0.2, 0.25) is 0 Å². The number of pyridine rings is 1. The number of aromatic nitrogens is 2. The first kappa shape index (κ1) is 23.7. The van der Waals surface area contributed by atoms with E-state index in [1.807, 2.05) is 102 Å². The van der Waals surface area contributed by atoms with Crippen LogP contribution < -0.4 is 14.5 Å². The second kappa shape index (κ2) is 11.3. The highest BCUT2D eigenvalue weighted by atomic mass is 16.5. The van der Waals surface area contributed by atoms with Gasteiger partial charge in [-0.3, -0.25) is 4.57 Å². The SMILES string of the molecule is [2H]C([2H])([2H])c1cc(C)cc(N2CN(c3cccc(Oc4cc(C([2H])([2H])[2H])c5c6ccccc6n(-c6cc(C(C)(C)C)ccn6)c5c4)c3)c3ccccc32)c1. The van der Waals surface area contributed by atoms with Crippen molar-refractivity contribution in [2.24, 2.45) is 0 Å². The number of benzene rings is 5. The van der Waals surface area contributed by atoms with E-state index in [2.05, 4.69) is 36.6 Å². The van der Waals surface area contributed by atoms with E-state index in [0.29, 0.717) is 40.5 Å². The van der Waals surface area contributed by atoms with E-state index in [1.165, 1.54) is 0 Å². The minimum atomic E-state index is -2.42. The van der Waals surface area contributed by atoms with Crippen molar-refractivity contribution in [3.8, 4) is 17.3 Å². The van der Waals surface area contributed by atoms with Crippen LogP contribution in [0.1, 0.15) is 51.2 Å². The first-order valence-electron chi connectivity index (χ1n) is 19.1. The molecule has 0 bridgehead atoms. The molecule has 0 unspecified atom stereocenters. The fourth-order valence-corrected chi connectivity index (χ4v) is 6.81. The third kappa shape index (κ3) is 5.16. The van der Waals surface area contributed by atoms with Gasteiger partial charge in [-0.25, -0.2) is 4.98 Å². The molecule has 7 aromatic rings. The quantitative estimate of drug-likeness (QED) is 0.189. The van der Waals surface area contributed by atoms with E-state index in [-0.39, 0.29) is 11.0 Å². The van der Waals surface area contributed by atoms with E-state index in [4.69, 9.17) is 17.9 Å². The number of aryl methyl sites for hydroxylation is 3. The molecule has 8 rings (SSSR count). The number of rotatable bonds is 5. The smallest absolute Gasteiger partial charge is 0.137 e. The monoisotopic (exact) mass is 634 g/mol. The molecular formula is C43H40N4O. The topological polar surface area (TPSA) is 33.5 Å². The fourth-order valence-electron chi connectivity index (χ4n) is 6.81. The molecule has 5 aromatic carbocycles. The first-order chi connectivity index (χ1) is 25.6. The molecular weight excluding hydrogens is 589 g/mol. The van der Waals surface area contributed by atoms with E-state index in [0.717, 1.165) is 44.8 Å². The van der Waals surface area contributed by atoms with Crippen LogP contribution in [0, 0.1) is 20.6 Å². The van der Waals surface area contributed by atoms with Crippen LogP contribution >= 0.6 is 0 Å². The molecule has 0 saturated carbocycles. The van der Waals surface area contributed by atoms with Crippen molar-refractivity contribution in [1.82, 2.24) is 9.55 Å². The van der Waals surface area contributed by atoms with E-state index in [9.17, 15) is 0 Å². The van der Waals surface area contributed by atoms with Gasteiger partial charge >= 0.3 is 0 Å². The summed E-state index contributed by atoms with van der Waals surface area (Å²) in [4.78, 5) is 9.04. The number of fused-ring (bicyclic) bond motifs is 4. The number of para-hydroxylation sites is 3. The number of hydrogen-bond acceptors (Lipinski definition) is 4. The Morgan fingerprint density at radius 2 is 1.46 bits per heavy atom. The second-order valence-corrected chi connectivity index (χ2v) is 13.5. The van der Waals surface area contributed by atoms with Crippen LogP contribution in [0.4, 0.5) is 22.7 Å². The summed E-state index contributed by atoms with van der Waals surface area (Å²) in [6, 6.07) is 36.6. The number of ether oxygens (including phenoxy) is 1. The molecule has 0 aliphatic carbocycles. The molecule has 0 N–H and O–H groups in total. The average molecular weight is 635 g/mol. The van der Waals surface area contributed by atoms with Crippen molar-refractivity contribution >= 4 is 44.6 Å². The van der Waals surface area contributed by atoms with Crippen LogP contribution in [0.15, 0.2) is 121 Å². The summed E-state index contributed by atoms with van der Waals surface area (Å²) in [6.45, 7) is 4.17. The van der Waals surface area contributed by atoms with Crippen molar-refractivity contribution in [1.29, 1.82) is 0 Å². The van der Waals surface area contributed by atoms with Gasteiger partial charge in [0, 0.05) is 48.7 Å². The van der Waals surface area contributed by atoms with Crippen molar-refractivity contribution in [3.63, 3.8) is 0 Å². The Balaban J connectivity index is 1.21. The molecule has 5 nitrogen and oxygen atoms in total. The molecule has 238 valence electrons. The van der Waals surface area contributed by atoms with Crippen LogP contribution in [0.25, 0.3) is 27.6 Å². The Labute approximate surface area is 291 Å². The van der Waals surface area contributed by atoms with Gasteiger partial charge in [0.15, 0.2) is 0 Å². The Bertz CT molecular complexity index is 2570. The summed E-state index contributed by atoms with van der Waals surface area (Å²) in [5, 5.41) is 1.47. The standard InChI is InChI=1S/C43H40N4O/c1-28-20-29(2)22-33(21-28)46-27-45(38-16-9-10-17-39(38)46)32-12-11-13-34(25-32)48-35-23-30(3)42-36-14-7-8-15-37(36)47(40(42)26-35)41-24-31(18-19-44-41)43(4,5)6/h7-26H,27H2,1-6H3/i1D3,3D3. The zero-order chi connectivity index (χ0) is 38.2. The first-order valence-corrected chi connectivity index (χ1v) is 16.1. The van der Waals surface area contributed by atoms with Gasteiger partial charge in [-0.05, 0) is 109 Å². The summed E-state index contributed by atoms with van der Waals surface area (Å²) >= 11 is 0. The summed E-state index contributed by atoms with van der Waals surface area (Å²) < 4.78 is 58.5. The molecule has 0 fully saturated rings. The molecule has 0 saturated heterocycles. The molecule has 48 heavy (non-hydrogen) atoms. The lowest BCUT2D eigenvalue weighted by Crippen LogP contribution is -2.24. The Kier molecular flexibility index (Phi) is 5.59. The van der Waals surface area contributed by atoms with Gasteiger partial charge in [-0.15, -0.1) is 0 Å². The average Bonchev–Trinajstić information content (AvgIpc) is 3.67. The van der Waals surface area contributed by atoms with E-state index in [1.54, 1.807) is 24.4 Å². The van der Waals surface area contributed by atoms with E-state index >= 15 is 0 Å². The molecule has 0 spiro atoms. The predicted molar refractivity (Wildman–Crippen MR) is 200 cm³/mol. The molecule has 3 heterocycles. The van der Waals surface area contributed by atoms with Gasteiger partial charge in [0.1, 0.15) is 24.0 Å². The van der Waals surface area contributed by atoms with E-state index < -0.39 is 13.7 Å². The summed E-state index contributed by atoms with van der Waals surface area (Å²) in [6.07, 6.45) is 1.80. The lowest BCUT2D eigenvalue weighted by atomic mass is 9.88. The third-order valence-corrected chi connectivity index (χ3v) is 9.07. The molecule has 1 aliphatic rings. The fraction of sp³-hybridized carbons (Fsp3) is 0.186. The lowest BCUT2D eigenvalue weighted by Gasteiger charge is -2.23. The Morgan fingerprint density at radius 3 is 2.25 bits per heavy atom. The second-order valence-electron chi connectivity index (χ2n) is 13.5. The zero-order valence-corrected chi connectivity index (χ0v) is 27.5. The molecule has 0 amide bonds. The zero-order valence-electron chi connectivity index (χ0n) is 33.5. The van der Waals surface area contributed by atoms with Crippen LogP contribution in [0.5, 0.6) is 11.5 Å². The van der Waals surface area contributed by atoms with Gasteiger partial charge in [-0.1, -0.05) is 63.2 Å². The normalized spacial score (nSPS) is 15.4. The highest BCUT2D eigenvalue weighted by Gasteiger charge is 2.28. The Morgan fingerprint density at radius 1 is 0.688 bits per heavy atom. The maximum Gasteiger partial charge on any atom is 0.137 e. The Hall–Kier alpha value is -5.55. The lowest BCUT2D eigenvalue weighted by molar-refractivity contribution is 0.483. The van der Waals surface area contributed by atoms with Gasteiger partial charge in [0.05, 0.1) is 22.4 Å². The molecule has 1 aliphatic heterocycles. The maximum atomic E-state index is 8.61. The summed E-state index contributed by atoms with van der Waals surface area (Å²) in [5.74, 6) is 1.62. The number of hydrogen-bond donors (Lipinski definition) is 0. The van der Waals surface area contributed by atoms with Crippen LogP contribution in [0.3, 0.4) is 0 Å². The predicted octanol–water partition coefficient (Wildman–Crippen LogP) is 11.4. The highest BCUT2D eigenvalue weighted by molar-refractivity contribution is 6.11. The van der Waals surface area contributed by atoms with Crippen LogP contribution in [0.2, 0.25) is 0 Å². The van der Waals surface area contributed by atoms with Crippen LogP contribution in [-0.4, -0.2) is 16.2 Å². The minimum absolute atomic E-state index is 0.118. The minimum Gasteiger partial charge on any atom is -0.457 e. The van der Waals surface area contributed by atoms with Crippen molar-refractivity contribution in [2.45, 2.75) is 46.8 Å². The summed E-state index contributed by atoms with van der Waals surface area (Å²) in [5.41, 5.74) is 7.49. The van der Waals surface area contributed by atoms with Gasteiger partial charge < -0.3 is 14.5 Å². The van der Waals surface area contributed by atoms with Crippen LogP contribution in [-0.2, 0) is 5.41 Å². The van der Waals surface area contributed by atoms with Gasteiger partial charge in [0.25, 0.3) is 0 Å². The molecule has 5 heteroatoms.